The Bertz CT molecular complexity index is 983. The summed E-state index contributed by atoms with van der Waals surface area (Å²) in [5, 5.41) is 0. The second-order valence-corrected chi connectivity index (χ2v) is 11.4. The van der Waals surface area contributed by atoms with Gasteiger partial charge >= 0.3 is 0 Å². The highest BCUT2D eigenvalue weighted by molar-refractivity contribution is 5.83. The molecule has 2 nitrogen and oxygen atoms in total. The zero-order valence-corrected chi connectivity index (χ0v) is 20.6. The summed E-state index contributed by atoms with van der Waals surface area (Å²) >= 11 is 0. The number of carbonyl (C=O) groups excluding carboxylic acids is 1. The molecule has 1 aliphatic rings. The fraction of sp³-hybridized carbons (Fsp3) is 0.483. The van der Waals surface area contributed by atoms with Crippen molar-refractivity contribution < 1.29 is 9.53 Å². The molecule has 0 radical (unpaired) electrons. The summed E-state index contributed by atoms with van der Waals surface area (Å²) in [6, 6.07) is 13.2. The fourth-order valence-electron chi connectivity index (χ4n) is 4.48. The summed E-state index contributed by atoms with van der Waals surface area (Å²) in [6.45, 7) is 18.5. The lowest BCUT2D eigenvalue weighted by Crippen LogP contribution is -2.34. The summed E-state index contributed by atoms with van der Waals surface area (Å²) in [5.41, 5.74) is 7.52. The number of hydrogen-bond acceptors (Lipinski definition) is 2. The van der Waals surface area contributed by atoms with Gasteiger partial charge in [0.25, 0.3) is 0 Å². The van der Waals surface area contributed by atoms with E-state index in [0.29, 0.717) is 6.61 Å². The van der Waals surface area contributed by atoms with Crippen molar-refractivity contribution in [2.24, 2.45) is 0 Å². The van der Waals surface area contributed by atoms with Crippen LogP contribution in [-0.2, 0) is 27.6 Å². The van der Waals surface area contributed by atoms with E-state index in [1.807, 2.05) is 6.92 Å². The molecule has 0 heterocycles. The fourth-order valence-corrected chi connectivity index (χ4v) is 4.48. The van der Waals surface area contributed by atoms with Crippen LogP contribution in [0.5, 0.6) is 5.75 Å². The number of allylic oxidation sites excluding steroid dienone is 2. The van der Waals surface area contributed by atoms with E-state index >= 15 is 0 Å². The van der Waals surface area contributed by atoms with E-state index in [1.165, 1.54) is 16.7 Å². The predicted molar refractivity (Wildman–Crippen MR) is 131 cm³/mol. The molecule has 0 N–H and O–H groups in total. The molecule has 0 atom stereocenters. The predicted octanol–water partition coefficient (Wildman–Crippen LogP) is 7.51. The van der Waals surface area contributed by atoms with E-state index in [1.54, 1.807) is 6.08 Å². The number of benzene rings is 2. The van der Waals surface area contributed by atoms with Crippen LogP contribution in [0.15, 0.2) is 42.5 Å². The molecule has 2 aromatic rings. The minimum absolute atomic E-state index is 0.109. The molecule has 0 bridgehead atoms. The molecule has 0 aliphatic heterocycles. The van der Waals surface area contributed by atoms with Gasteiger partial charge in [0, 0.05) is 5.56 Å². The molecule has 0 spiro atoms. The maximum Gasteiger partial charge on any atom is 0.143 e. The van der Waals surface area contributed by atoms with Crippen molar-refractivity contribution in [1.29, 1.82) is 0 Å². The lowest BCUT2D eigenvalue weighted by atomic mass is 9.62. The first kappa shape index (κ1) is 23.3. The summed E-state index contributed by atoms with van der Waals surface area (Å²) in [7, 11) is 0. The van der Waals surface area contributed by atoms with Crippen LogP contribution in [0.1, 0.15) is 96.0 Å². The Morgan fingerprint density at radius 3 is 2.03 bits per heavy atom. The summed E-state index contributed by atoms with van der Waals surface area (Å²) < 4.78 is 6.39. The van der Waals surface area contributed by atoms with Crippen LogP contribution in [0.2, 0.25) is 0 Å². The van der Waals surface area contributed by atoms with Gasteiger partial charge in [-0.15, -0.1) is 0 Å². The van der Waals surface area contributed by atoms with E-state index in [4.69, 9.17) is 4.74 Å². The molecule has 0 amide bonds. The van der Waals surface area contributed by atoms with Gasteiger partial charge in [0.2, 0.25) is 0 Å². The second-order valence-electron chi connectivity index (χ2n) is 11.4. The lowest BCUT2D eigenvalue weighted by molar-refractivity contribution is -0.104. The standard InChI is InChI=1S/C29H38O2/c1-20(13-16-30)23-17-24-25(29(7,8)15-14-28(24,5)6)18-26(23)31-19-21-9-11-22(12-10-21)27(2,3)4/h9-13,16-18H,14-15,19H2,1-8H3. The monoisotopic (exact) mass is 418 g/mol. The smallest absolute Gasteiger partial charge is 0.143 e. The molecule has 0 saturated carbocycles. The van der Waals surface area contributed by atoms with Crippen LogP contribution in [-0.4, -0.2) is 6.29 Å². The average molecular weight is 419 g/mol. The molecule has 0 aromatic heterocycles. The van der Waals surface area contributed by atoms with Crippen molar-refractivity contribution in [3.63, 3.8) is 0 Å². The van der Waals surface area contributed by atoms with Gasteiger partial charge in [-0.2, -0.15) is 0 Å². The van der Waals surface area contributed by atoms with Crippen LogP contribution in [0, 0.1) is 0 Å². The Morgan fingerprint density at radius 1 is 0.968 bits per heavy atom. The van der Waals surface area contributed by atoms with Crippen LogP contribution in [0.3, 0.4) is 0 Å². The summed E-state index contributed by atoms with van der Waals surface area (Å²) in [4.78, 5) is 11.2. The van der Waals surface area contributed by atoms with E-state index in [9.17, 15) is 4.79 Å². The molecule has 2 aromatic carbocycles. The van der Waals surface area contributed by atoms with Crippen molar-refractivity contribution in [2.75, 3.05) is 0 Å². The van der Waals surface area contributed by atoms with Crippen LogP contribution in [0.4, 0.5) is 0 Å². The SMILES string of the molecule is CC(=CC=O)c1cc2c(cc1OCc1ccc(C(C)(C)C)cc1)C(C)(C)CCC2(C)C. The van der Waals surface area contributed by atoms with Gasteiger partial charge in [0.15, 0.2) is 0 Å². The number of hydrogen-bond donors (Lipinski definition) is 0. The Labute approximate surface area is 188 Å². The summed E-state index contributed by atoms with van der Waals surface area (Å²) in [6.07, 6.45) is 4.80. The lowest BCUT2D eigenvalue weighted by Gasteiger charge is -2.42. The third kappa shape index (κ3) is 4.95. The van der Waals surface area contributed by atoms with Crippen LogP contribution < -0.4 is 4.74 Å². The molecule has 2 heteroatoms. The minimum Gasteiger partial charge on any atom is -0.488 e. The number of ether oxygens (including phenoxy) is 1. The second kappa shape index (κ2) is 8.30. The third-order valence-corrected chi connectivity index (χ3v) is 6.91. The zero-order chi connectivity index (χ0) is 23.0. The van der Waals surface area contributed by atoms with Crippen molar-refractivity contribution in [3.05, 3.63) is 70.3 Å². The quantitative estimate of drug-likeness (QED) is 0.371. The number of fused-ring (bicyclic) bond motifs is 1. The molecule has 0 fully saturated rings. The van der Waals surface area contributed by atoms with E-state index < -0.39 is 0 Å². The molecule has 1 aliphatic carbocycles. The maximum atomic E-state index is 11.2. The highest BCUT2D eigenvalue weighted by atomic mass is 16.5. The van der Waals surface area contributed by atoms with Crippen molar-refractivity contribution in [1.82, 2.24) is 0 Å². The first-order valence-corrected chi connectivity index (χ1v) is 11.4. The van der Waals surface area contributed by atoms with Gasteiger partial charge in [0.1, 0.15) is 18.6 Å². The van der Waals surface area contributed by atoms with E-state index in [2.05, 4.69) is 84.9 Å². The van der Waals surface area contributed by atoms with Crippen molar-refractivity contribution >= 4 is 11.9 Å². The minimum atomic E-state index is 0.109. The summed E-state index contributed by atoms with van der Waals surface area (Å²) in [5.74, 6) is 0.861. The number of carbonyl (C=O) groups is 1. The topological polar surface area (TPSA) is 26.3 Å². The van der Waals surface area contributed by atoms with E-state index in [0.717, 1.165) is 41.6 Å². The zero-order valence-electron chi connectivity index (χ0n) is 20.6. The first-order valence-electron chi connectivity index (χ1n) is 11.4. The number of rotatable bonds is 5. The largest absolute Gasteiger partial charge is 0.488 e. The average Bonchev–Trinajstić information content (AvgIpc) is 2.69. The highest BCUT2D eigenvalue weighted by Crippen LogP contribution is 2.48. The molecular weight excluding hydrogens is 380 g/mol. The Morgan fingerprint density at radius 2 is 1.52 bits per heavy atom. The van der Waals surface area contributed by atoms with Gasteiger partial charge in [-0.05, 0) is 82.0 Å². The Balaban J connectivity index is 2.00. The number of aldehydes is 1. The molecular formula is C29H38O2. The van der Waals surface area contributed by atoms with Crippen LogP contribution in [0.25, 0.3) is 5.57 Å². The molecule has 166 valence electrons. The van der Waals surface area contributed by atoms with Gasteiger partial charge < -0.3 is 4.74 Å². The van der Waals surface area contributed by atoms with Crippen LogP contribution >= 0.6 is 0 Å². The Hall–Kier alpha value is -2.35. The normalized spacial score (nSPS) is 17.7. The first-order chi connectivity index (χ1) is 14.3. The maximum absolute atomic E-state index is 11.2. The molecule has 0 saturated heterocycles. The highest BCUT2D eigenvalue weighted by Gasteiger charge is 2.38. The van der Waals surface area contributed by atoms with Gasteiger partial charge in [-0.1, -0.05) is 72.7 Å². The Kier molecular flexibility index (Phi) is 6.24. The van der Waals surface area contributed by atoms with Gasteiger partial charge in [-0.3, -0.25) is 4.79 Å². The molecule has 0 unspecified atom stereocenters. The van der Waals surface area contributed by atoms with Crippen molar-refractivity contribution in [2.45, 2.75) is 91.1 Å². The van der Waals surface area contributed by atoms with Gasteiger partial charge in [-0.25, -0.2) is 0 Å². The molecule has 31 heavy (non-hydrogen) atoms. The van der Waals surface area contributed by atoms with Gasteiger partial charge in [0.05, 0.1) is 0 Å². The van der Waals surface area contributed by atoms with E-state index in [-0.39, 0.29) is 16.2 Å². The molecule has 3 rings (SSSR count). The third-order valence-electron chi connectivity index (χ3n) is 6.91. The van der Waals surface area contributed by atoms with Crippen molar-refractivity contribution in [3.8, 4) is 5.75 Å².